The quantitative estimate of drug-likeness (QED) is 0.874. The van der Waals surface area contributed by atoms with Crippen molar-refractivity contribution in [3.05, 3.63) is 34.9 Å². The Labute approximate surface area is 116 Å². The molecule has 0 spiro atoms. The molecule has 0 saturated carbocycles. The van der Waals surface area contributed by atoms with Gasteiger partial charge in [0.15, 0.2) is 5.16 Å². The summed E-state index contributed by atoms with van der Waals surface area (Å²) in [6.07, 6.45) is 0. The van der Waals surface area contributed by atoms with Gasteiger partial charge in [-0.25, -0.2) is 0 Å². The van der Waals surface area contributed by atoms with Gasteiger partial charge in [0.2, 0.25) is 5.95 Å². The molecule has 0 aliphatic carbocycles. The normalized spacial score (nSPS) is 11.1. The van der Waals surface area contributed by atoms with Crippen LogP contribution in [0.15, 0.2) is 29.4 Å². The van der Waals surface area contributed by atoms with E-state index in [2.05, 4.69) is 24.0 Å². The van der Waals surface area contributed by atoms with Gasteiger partial charge in [-0.3, -0.25) is 4.57 Å². The molecule has 2 aromatic rings. The minimum absolute atomic E-state index is 0.257. The first-order valence-corrected chi connectivity index (χ1v) is 7.02. The first-order chi connectivity index (χ1) is 8.58. The van der Waals surface area contributed by atoms with Gasteiger partial charge in [0.1, 0.15) is 0 Å². The third-order valence-electron chi connectivity index (χ3n) is 2.49. The molecule has 0 atom stereocenters. The third-order valence-corrected chi connectivity index (χ3v) is 3.75. The lowest BCUT2D eigenvalue weighted by molar-refractivity contribution is 0.557. The summed E-state index contributed by atoms with van der Waals surface area (Å²) in [6, 6.07) is 8.05. The number of anilines is 1. The molecule has 6 heteroatoms. The SMILES string of the molecule is CC(C)n1c(N)nnc1SCc1ccc(Cl)cc1. The predicted molar refractivity (Wildman–Crippen MR) is 75.8 cm³/mol. The van der Waals surface area contributed by atoms with Crippen LogP contribution in [-0.2, 0) is 5.75 Å². The third kappa shape index (κ3) is 2.97. The maximum absolute atomic E-state index is 5.85. The number of benzene rings is 1. The summed E-state index contributed by atoms with van der Waals surface area (Å²) < 4.78 is 1.93. The zero-order valence-electron chi connectivity index (χ0n) is 10.3. The Balaban J connectivity index is 2.08. The molecule has 0 radical (unpaired) electrons. The number of aromatic nitrogens is 3. The number of rotatable bonds is 4. The minimum atomic E-state index is 0.257. The molecule has 0 aliphatic rings. The van der Waals surface area contributed by atoms with E-state index < -0.39 is 0 Å². The number of nitrogens with two attached hydrogens (primary N) is 1. The lowest BCUT2D eigenvalue weighted by atomic mass is 10.2. The zero-order valence-corrected chi connectivity index (χ0v) is 11.9. The van der Waals surface area contributed by atoms with Gasteiger partial charge in [-0.1, -0.05) is 35.5 Å². The number of hydrogen-bond donors (Lipinski definition) is 1. The Morgan fingerprint density at radius 1 is 1.28 bits per heavy atom. The van der Waals surface area contributed by atoms with Crippen LogP contribution in [0.25, 0.3) is 0 Å². The number of hydrogen-bond acceptors (Lipinski definition) is 4. The topological polar surface area (TPSA) is 56.7 Å². The van der Waals surface area contributed by atoms with E-state index in [9.17, 15) is 0 Å². The Morgan fingerprint density at radius 2 is 1.94 bits per heavy atom. The lowest BCUT2D eigenvalue weighted by Gasteiger charge is -2.11. The van der Waals surface area contributed by atoms with Gasteiger partial charge in [-0.05, 0) is 31.5 Å². The van der Waals surface area contributed by atoms with Crippen LogP contribution >= 0.6 is 23.4 Å². The van der Waals surface area contributed by atoms with Gasteiger partial charge in [0.05, 0.1) is 0 Å². The van der Waals surface area contributed by atoms with E-state index in [1.54, 1.807) is 11.8 Å². The van der Waals surface area contributed by atoms with Crippen molar-refractivity contribution in [3.8, 4) is 0 Å². The molecule has 1 heterocycles. The van der Waals surface area contributed by atoms with E-state index in [1.165, 1.54) is 5.56 Å². The summed E-state index contributed by atoms with van der Waals surface area (Å²) in [5, 5.41) is 9.60. The highest BCUT2D eigenvalue weighted by atomic mass is 35.5. The van der Waals surface area contributed by atoms with Crippen LogP contribution in [0, 0.1) is 0 Å². The first-order valence-electron chi connectivity index (χ1n) is 5.65. The number of nitrogen functional groups attached to an aromatic ring is 1. The van der Waals surface area contributed by atoms with Crippen LogP contribution in [0.2, 0.25) is 5.02 Å². The molecule has 18 heavy (non-hydrogen) atoms. The van der Waals surface area contributed by atoms with Crippen LogP contribution < -0.4 is 5.73 Å². The molecule has 2 rings (SSSR count). The summed E-state index contributed by atoms with van der Waals surface area (Å²) in [5.41, 5.74) is 6.99. The molecule has 96 valence electrons. The van der Waals surface area contributed by atoms with Crippen molar-refractivity contribution in [2.24, 2.45) is 0 Å². The van der Waals surface area contributed by atoms with Crippen LogP contribution in [0.4, 0.5) is 5.95 Å². The van der Waals surface area contributed by atoms with Crippen LogP contribution in [0.5, 0.6) is 0 Å². The fourth-order valence-electron chi connectivity index (χ4n) is 1.60. The average Bonchev–Trinajstić information content (AvgIpc) is 2.70. The number of halogens is 1. The van der Waals surface area contributed by atoms with Crippen LogP contribution in [0.3, 0.4) is 0 Å². The van der Waals surface area contributed by atoms with E-state index in [-0.39, 0.29) is 6.04 Å². The monoisotopic (exact) mass is 282 g/mol. The van der Waals surface area contributed by atoms with Crippen molar-refractivity contribution in [3.63, 3.8) is 0 Å². The maximum atomic E-state index is 5.85. The van der Waals surface area contributed by atoms with Crippen molar-refractivity contribution in [2.45, 2.75) is 30.8 Å². The van der Waals surface area contributed by atoms with Crippen molar-refractivity contribution >= 4 is 29.3 Å². The Bertz CT molecular complexity index is 521. The molecule has 0 aliphatic heterocycles. The van der Waals surface area contributed by atoms with E-state index in [0.717, 1.165) is 15.9 Å². The van der Waals surface area contributed by atoms with E-state index in [4.69, 9.17) is 17.3 Å². The summed E-state index contributed by atoms with van der Waals surface area (Å²) in [4.78, 5) is 0. The average molecular weight is 283 g/mol. The van der Waals surface area contributed by atoms with Crippen LogP contribution in [-0.4, -0.2) is 14.8 Å². The second-order valence-electron chi connectivity index (χ2n) is 4.22. The molecule has 4 nitrogen and oxygen atoms in total. The Hall–Kier alpha value is -1.20. The zero-order chi connectivity index (χ0) is 13.1. The summed E-state index contributed by atoms with van der Waals surface area (Å²) in [7, 11) is 0. The molecule has 1 aromatic heterocycles. The summed E-state index contributed by atoms with van der Waals surface area (Å²) >= 11 is 7.47. The van der Waals surface area contributed by atoms with Crippen molar-refractivity contribution in [1.29, 1.82) is 0 Å². The lowest BCUT2D eigenvalue weighted by Crippen LogP contribution is -2.06. The second kappa shape index (κ2) is 5.63. The van der Waals surface area contributed by atoms with E-state index in [1.807, 2.05) is 28.8 Å². The van der Waals surface area contributed by atoms with Crippen LogP contribution in [0.1, 0.15) is 25.5 Å². The molecule has 2 N–H and O–H groups in total. The molecular weight excluding hydrogens is 268 g/mol. The summed E-state index contributed by atoms with van der Waals surface area (Å²) in [5.74, 6) is 1.28. The molecule has 0 amide bonds. The maximum Gasteiger partial charge on any atom is 0.222 e. The first kappa shape index (κ1) is 13.2. The Kier molecular flexibility index (Phi) is 4.14. The van der Waals surface area contributed by atoms with Crippen molar-refractivity contribution in [1.82, 2.24) is 14.8 Å². The number of nitrogens with zero attached hydrogens (tertiary/aromatic N) is 3. The molecule has 0 bridgehead atoms. The van der Waals surface area contributed by atoms with Gasteiger partial charge in [-0.15, -0.1) is 10.2 Å². The minimum Gasteiger partial charge on any atom is -0.368 e. The molecule has 0 unspecified atom stereocenters. The van der Waals surface area contributed by atoms with Gasteiger partial charge < -0.3 is 5.73 Å². The highest BCUT2D eigenvalue weighted by Gasteiger charge is 2.12. The Morgan fingerprint density at radius 3 is 2.56 bits per heavy atom. The largest absolute Gasteiger partial charge is 0.368 e. The fraction of sp³-hybridized carbons (Fsp3) is 0.333. The highest BCUT2D eigenvalue weighted by molar-refractivity contribution is 7.98. The summed E-state index contributed by atoms with van der Waals surface area (Å²) in [6.45, 7) is 4.12. The predicted octanol–water partition coefficient (Wildman–Crippen LogP) is 3.39. The van der Waals surface area contributed by atoms with E-state index in [0.29, 0.717) is 5.95 Å². The van der Waals surface area contributed by atoms with Crippen molar-refractivity contribution in [2.75, 3.05) is 5.73 Å². The van der Waals surface area contributed by atoms with Gasteiger partial charge >= 0.3 is 0 Å². The van der Waals surface area contributed by atoms with Gasteiger partial charge in [-0.2, -0.15) is 0 Å². The van der Waals surface area contributed by atoms with Crippen molar-refractivity contribution < 1.29 is 0 Å². The standard InChI is InChI=1S/C12H15ClN4S/c1-8(2)17-11(14)15-16-12(17)18-7-9-3-5-10(13)6-4-9/h3-6,8H,7H2,1-2H3,(H2,14,15). The van der Waals surface area contributed by atoms with E-state index >= 15 is 0 Å². The molecule has 0 saturated heterocycles. The van der Waals surface area contributed by atoms with Gasteiger partial charge in [0.25, 0.3) is 0 Å². The molecule has 0 fully saturated rings. The fourth-order valence-corrected chi connectivity index (χ4v) is 2.76. The molecular formula is C12H15ClN4S. The second-order valence-corrected chi connectivity index (χ2v) is 5.60. The smallest absolute Gasteiger partial charge is 0.222 e. The highest BCUT2D eigenvalue weighted by Crippen LogP contribution is 2.26. The molecule has 1 aromatic carbocycles. The van der Waals surface area contributed by atoms with Gasteiger partial charge in [0, 0.05) is 16.8 Å². The number of thioether (sulfide) groups is 1.